The highest BCUT2D eigenvalue weighted by molar-refractivity contribution is 5.98. The molecule has 20 heavy (non-hydrogen) atoms. The molecule has 3 heteroatoms. The molecule has 108 valence electrons. The van der Waals surface area contributed by atoms with E-state index in [1.807, 2.05) is 35.2 Å². The molecule has 1 aromatic rings. The lowest BCUT2D eigenvalue weighted by molar-refractivity contribution is -0.133. The minimum atomic E-state index is 0.0699. The fourth-order valence-electron chi connectivity index (χ4n) is 2.71. The van der Waals surface area contributed by atoms with Crippen LogP contribution < -0.4 is 0 Å². The average Bonchev–Trinajstić information content (AvgIpc) is 2.47. The molecule has 0 bridgehead atoms. The van der Waals surface area contributed by atoms with Gasteiger partial charge in [0.25, 0.3) is 0 Å². The van der Waals surface area contributed by atoms with Gasteiger partial charge in [0.2, 0.25) is 5.91 Å². The molecule has 1 aromatic carbocycles. The maximum Gasteiger partial charge on any atom is 0.222 e. The molecule has 0 saturated carbocycles. The van der Waals surface area contributed by atoms with Crippen LogP contribution in [0.25, 0.3) is 0 Å². The van der Waals surface area contributed by atoms with E-state index in [2.05, 4.69) is 13.8 Å². The number of carbonyl (C=O) groups is 2. The molecule has 0 spiro atoms. The average molecular weight is 273 g/mol. The molecule has 0 aromatic heterocycles. The van der Waals surface area contributed by atoms with Crippen LogP contribution in [0.15, 0.2) is 30.3 Å². The van der Waals surface area contributed by atoms with E-state index in [1.54, 1.807) is 0 Å². The summed E-state index contributed by atoms with van der Waals surface area (Å²) in [4.78, 5) is 26.3. The molecule has 0 unspecified atom stereocenters. The van der Waals surface area contributed by atoms with Crippen molar-refractivity contribution >= 4 is 11.7 Å². The minimum Gasteiger partial charge on any atom is -0.343 e. The third-order valence-electron chi connectivity index (χ3n) is 3.86. The number of amides is 1. The lowest BCUT2D eigenvalue weighted by atomic mass is 9.88. The van der Waals surface area contributed by atoms with Gasteiger partial charge in [-0.25, -0.2) is 0 Å². The van der Waals surface area contributed by atoms with E-state index in [1.165, 1.54) is 0 Å². The third kappa shape index (κ3) is 3.69. The Hall–Kier alpha value is -1.64. The van der Waals surface area contributed by atoms with Crippen molar-refractivity contribution < 1.29 is 9.59 Å². The van der Waals surface area contributed by atoms with Gasteiger partial charge in [0.15, 0.2) is 5.78 Å². The zero-order valence-corrected chi connectivity index (χ0v) is 12.3. The lowest BCUT2D eigenvalue weighted by Gasteiger charge is -2.31. The van der Waals surface area contributed by atoms with Crippen molar-refractivity contribution in [3.8, 4) is 0 Å². The number of hydrogen-bond donors (Lipinski definition) is 0. The molecule has 1 amide bonds. The van der Waals surface area contributed by atoms with E-state index in [0.717, 1.165) is 31.5 Å². The first kappa shape index (κ1) is 14.8. The van der Waals surface area contributed by atoms with Crippen LogP contribution in [-0.4, -0.2) is 29.7 Å². The summed E-state index contributed by atoms with van der Waals surface area (Å²) in [6.07, 6.45) is 2.19. The fraction of sp³-hybridized carbons (Fsp3) is 0.529. The Labute approximate surface area is 121 Å². The molecule has 0 radical (unpaired) electrons. The molecule has 1 aliphatic heterocycles. The zero-order chi connectivity index (χ0) is 14.5. The highest BCUT2D eigenvalue weighted by Gasteiger charge is 2.27. The van der Waals surface area contributed by atoms with Gasteiger partial charge < -0.3 is 4.90 Å². The minimum absolute atomic E-state index is 0.0699. The van der Waals surface area contributed by atoms with Gasteiger partial charge in [0.1, 0.15) is 0 Å². The van der Waals surface area contributed by atoms with Crippen LogP contribution >= 0.6 is 0 Å². The monoisotopic (exact) mass is 273 g/mol. The van der Waals surface area contributed by atoms with Gasteiger partial charge in [-0.3, -0.25) is 9.59 Å². The predicted molar refractivity (Wildman–Crippen MR) is 79.5 cm³/mol. The van der Waals surface area contributed by atoms with Crippen molar-refractivity contribution in [3.05, 3.63) is 35.9 Å². The topological polar surface area (TPSA) is 37.4 Å². The van der Waals surface area contributed by atoms with Gasteiger partial charge in [-0.05, 0) is 18.8 Å². The number of piperidine rings is 1. The van der Waals surface area contributed by atoms with Gasteiger partial charge in [-0.1, -0.05) is 44.2 Å². The van der Waals surface area contributed by atoms with E-state index in [9.17, 15) is 9.59 Å². The number of ketones is 1. The first-order valence-electron chi connectivity index (χ1n) is 7.45. The molecule has 1 heterocycles. The molecule has 1 saturated heterocycles. The Kier molecular flexibility index (Phi) is 4.94. The van der Waals surface area contributed by atoms with E-state index in [4.69, 9.17) is 0 Å². The molecular formula is C17H23NO2. The van der Waals surface area contributed by atoms with Crippen molar-refractivity contribution in [1.82, 2.24) is 4.90 Å². The maximum absolute atomic E-state index is 12.4. The fourth-order valence-corrected chi connectivity index (χ4v) is 2.71. The first-order valence-corrected chi connectivity index (χ1v) is 7.45. The molecule has 1 aliphatic rings. The normalized spacial score (nSPS) is 16.4. The van der Waals surface area contributed by atoms with Crippen molar-refractivity contribution in [2.45, 2.75) is 33.1 Å². The highest BCUT2D eigenvalue weighted by Crippen LogP contribution is 2.22. The second-order valence-electron chi connectivity index (χ2n) is 5.98. The Morgan fingerprint density at radius 3 is 2.30 bits per heavy atom. The highest BCUT2D eigenvalue weighted by atomic mass is 16.2. The van der Waals surface area contributed by atoms with Crippen LogP contribution in [0.3, 0.4) is 0 Å². The molecule has 3 nitrogen and oxygen atoms in total. The van der Waals surface area contributed by atoms with Crippen LogP contribution in [0.2, 0.25) is 0 Å². The van der Waals surface area contributed by atoms with E-state index in [-0.39, 0.29) is 17.6 Å². The van der Waals surface area contributed by atoms with Crippen molar-refractivity contribution in [1.29, 1.82) is 0 Å². The predicted octanol–water partition coefficient (Wildman–Crippen LogP) is 3.15. The Morgan fingerprint density at radius 2 is 1.75 bits per heavy atom. The summed E-state index contributed by atoms with van der Waals surface area (Å²) in [7, 11) is 0. The van der Waals surface area contributed by atoms with Gasteiger partial charge in [0, 0.05) is 31.0 Å². The number of hydrogen-bond acceptors (Lipinski definition) is 2. The molecule has 2 rings (SSSR count). The number of likely N-dealkylation sites (tertiary alicyclic amines) is 1. The maximum atomic E-state index is 12.4. The van der Waals surface area contributed by atoms with E-state index >= 15 is 0 Å². The Balaban J connectivity index is 1.88. The first-order chi connectivity index (χ1) is 9.58. The van der Waals surface area contributed by atoms with Crippen molar-refractivity contribution in [2.75, 3.05) is 13.1 Å². The summed E-state index contributed by atoms with van der Waals surface area (Å²) in [5.41, 5.74) is 0.791. The van der Waals surface area contributed by atoms with Gasteiger partial charge in [-0.15, -0.1) is 0 Å². The molecule has 1 fully saturated rings. The number of benzene rings is 1. The van der Waals surface area contributed by atoms with Gasteiger partial charge in [0.05, 0.1) is 0 Å². The summed E-state index contributed by atoms with van der Waals surface area (Å²) in [5, 5.41) is 0. The van der Waals surface area contributed by atoms with Crippen LogP contribution in [0.5, 0.6) is 0 Å². The Bertz CT molecular complexity index is 459. The van der Waals surface area contributed by atoms with Crippen LogP contribution in [0.1, 0.15) is 43.5 Å². The quantitative estimate of drug-likeness (QED) is 0.790. The third-order valence-corrected chi connectivity index (χ3v) is 3.86. The Morgan fingerprint density at radius 1 is 1.15 bits per heavy atom. The van der Waals surface area contributed by atoms with Crippen LogP contribution in [0, 0.1) is 11.8 Å². The summed E-state index contributed by atoms with van der Waals surface area (Å²) in [6, 6.07) is 9.46. The second kappa shape index (κ2) is 6.69. The largest absolute Gasteiger partial charge is 0.343 e. The van der Waals surface area contributed by atoms with Crippen molar-refractivity contribution in [3.63, 3.8) is 0 Å². The van der Waals surface area contributed by atoms with Gasteiger partial charge >= 0.3 is 0 Å². The SMILES string of the molecule is CC(C)CC(=O)N1CCC(C(=O)c2ccccc2)CC1. The summed E-state index contributed by atoms with van der Waals surface area (Å²) >= 11 is 0. The molecule has 0 N–H and O–H groups in total. The zero-order valence-electron chi connectivity index (χ0n) is 12.3. The van der Waals surface area contributed by atoms with Crippen molar-refractivity contribution in [2.24, 2.45) is 11.8 Å². The van der Waals surface area contributed by atoms with Crippen LogP contribution in [0.4, 0.5) is 0 Å². The molecule has 0 atom stereocenters. The molecule has 0 aliphatic carbocycles. The number of Topliss-reactive ketones (excluding diaryl/α,β-unsaturated/α-hetero) is 1. The molecular weight excluding hydrogens is 250 g/mol. The standard InChI is InChI=1S/C17H23NO2/c1-13(2)12-16(19)18-10-8-15(9-11-18)17(20)14-6-4-3-5-7-14/h3-7,13,15H,8-12H2,1-2H3. The van der Waals surface area contributed by atoms with E-state index < -0.39 is 0 Å². The summed E-state index contributed by atoms with van der Waals surface area (Å²) < 4.78 is 0. The van der Waals surface area contributed by atoms with E-state index in [0.29, 0.717) is 12.3 Å². The second-order valence-corrected chi connectivity index (χ2v) is 5.98. The number of nitrogens with zero attached hydrogens (tertiary/aromatic N) is 1. The van der Waals surface area contributed by atoms with Crippen LogP contribution in [-0.2, 0) is 4.79 Å². The van der Waals surface area contributed by atoms with Gasteiger partial charge in [-0.2, -0.15) is 0 Å². The summed E-state index contributed by atoms with van der Waals surface area (Å²) in [5.74, 6) is 0.916. The smallest absolute Gasteiger partial charge is 0.222 e. The summed E-state index contributed by atoms with van der Waals surface area (Å²) in [6.45, 7) is 5.55. The number of rotatable bonds is 4. The number of carbonyl (C=O) groups excluding carboxylic acids is 2. The lowest BCUT2D eigenvalue weighted by Crippen LogP contribution is -2.40.